The number of carbonyl (C=O) groups is 3. The highest BCUT2D eigenvalue weighted by Crippen LogP contribution is 2.28. The van der Waals surface area contributed by atoms with E-state index in [0.717, 1.165) is 12.8 Å². The van der Waals surface area contributed by atoms with Gasteiger partial charge >= 0.3 is 12.2 Å². The fraction of sp³-hybridized carbons (Fsp3) is 0.850. The van der Waals surface area contributed by atoms with Crippen LogP contribution in [0.4, 0.5) is 9.59 Å². The SMILES string of the molecule is CC(C)(C)OC(=O)N1CCN(C(=O)OC(C)(C)C)C(CCNC(=O)C2CC2)C1. The van der Waals surface area contributed by atoms with Crippen molar-refractivity contribution in [1.82, 2.24) is 15.1 Å². The summed E-state index contributed by atoms with van der Waals surface area (Å²) in [6.45, 7) is 12.5. The number of nitrogens with zero attached hydrogens (tertiary/aromatic N) is 2. The van der Waals surface area contributed by atoms with Crippen LogP contribution in [0.25, 0.3) is 0 Å². The summed E-state index contributed by atoms with van der Waals surface area (Å²) in [6, 6.07) is -0.240. The summed E-state index contributed by atoms with van der Waals surface area (Å²) in [5.74, 6) is 0.218. The van der Waals surface area contributed by atoms with Crippen LogP contribution in [0.1, 0.15) is 60.8 Å². The smallest absolute Gasteiger partial charge is 0.410 e. The summed E-state index contributed by atoms with van der Waals surface area (Å²) in [7, 11) is 0. The van der Waals surface area contributed by atoms with E-state index in [9.17, 15) is 14.4 Å². The fourth-order valence-electron chi connectivity index (χ4n) is 3.01. The molecule has 1 heterocycles. The van der Waals surface area contributed by atoms with Crippen molar-refractivity contribution in [2.75, 3.05) is 26.2 Å². The zero-order valence-electron chi connectivity index (χ0n) is 18.0. The third-order valence-corrected chi connectivity index (χ3v) is 4.49. The zero-order valence-corrected chi connectivity index (χ0v) is 18.0. The Balaban J connectivity index is 1.99. The number of nitrogens with one attached hydrogen (secondary N) is 1. The molecular weight excluding hydrogens is 362 g/mol. The summed E-state index contributed by atoms with van der Waals surface area (Å²) >= 11 is 0. The Hall–Kier alpha value is -1.99. The number of piperazine rings is 1. The maximum atomic E-state index is 12.6. The van der Waals surface area contributed by atoms with Crippen LogP contribution in [0.2, 0.25) is 0 Å². The van der Waals surface area contributed by atoms with Gasteiger partial charge in [0.15, 0.2) is 0 Å². The van der Waals surface area contributed by atoms with E-state index < -0.39 is 17.3 Å². The van der Waals surface area contributed by atoms with Gasteiger partial charge in [0, 0.05) is 32.1 Å². The topological polar surface area (TPSA) is 88.2 Å². The first-order chi connectivity index (χ1) is 12.9. The van der Waals surface area contributed by atoms with Crippen LogP contribution in [-0.4, -0.2) is 71.3 Å². The second kappa shape index (κ2) is 8.57. The van der Waals surface area contributed by atoms with Crippen molar-refractivity contribution < 1.29 is 23.9 Å². The molecule has 1 aliphatic carbocycles. The lowest BCUT2D eigenvalue weighted by molar-refractivity contribution is -0.122. The van der Waals surface area contributed by atoms with Crippen molar-refractivity contribution in [1.29, 1.82) is 0 Å². The van der Waals surface area contributed by atoms with Crippen LogP contribution in [0, 0.1) is 5.92 Å². The fourth-order valence-corrected chi connectivity index (χ4v) is 3.01. The van der Waals surface area contributed by atoms with Gasteiger partial charge in [-0.15, -0.1) is 0 Å². The molecule has 3 amide bonds. The monoisotopic (exact) mass is 397 g/mol. The predicted molar refractivity (Wildman–Crippen MR) is 105 cm³/mol. The minimum Gasteiger partial charge on any atom is -0.444 e. The molecule has 2 aliphatic rings. The molecular formula is C20H35N3O5. The summed E-state index contributed by atoms with van der Waals surface area (Å²) in [4.78, 5) is 40.2. The summed E-state index contributed by atoms with van der Waals surface area (Å²) in [6.07, 6.45) is 1.67. The molecule has 1 N–H and O–H groups in total. The average molecular weight is 398 g/mol. The molecule has 1 saturated heterocycles. The summed E-state index contributed by atoms with van der Waals surface area (Å²) in [5, 5.41) is 2.93. The molecule has 28 heavy (non-hydrogen) atoms. The third kappa shape index (κ3) is 7.20. The molecule has 1 atom stereocenters. The number of hydrogen-bond donors (Lipinski definition) is 1. The van der Waals surface area contributed by atoms with E-state index in [2.05, 4.69) is 5.32 Å². The number of ether oxygens (including phenoxy) is 2. The van der Waals surface area contributed by atoms with Gasteiger partial charge in [-0.05, 0) is 60.8 Å². The first-order valence-corrected chi connectivity index (χ1v) is 10.1. The van der Waals surface area contributed by atoms with Gasteiger partial charge in [-0.2, -0.15) is 0 Å². The van der Waals surface area contributed by atoms with Crippen molar-refractivity contribution in [3.63, 3.8) is 0 Å². The molecule has 0 spiro atoms. The number of hydrogen-bond acceptors (Lipinski definition) is 5. The predicted octanol–water partition coefficient (Wildman–Crippen LogP) is 2.76. The Kier molecular flexibility index (Phi) is 6.83. The van der Waals surface area contributed by atoms with E-state index in [-0.39, 0.29) is 24.0 Å². The Morgan fingerprint density at radius 3 is 2.04 bits per heavy atom. The van der Waals surface area contributed by atoms with Crippen LogP contribution < -0.4 is 5.32 Å². The molecule has 0 bridgehead atoms. The maximum Gasteiger partial charge on any atom is 0.410 e. The van der Waals surface area contributed by atoms with Gasteiger partial charge < -0.3 is 24.6 Å². The standard InChI is InChI=1S/C20H35N3O5/c1-19(2,3)27-17(25)22-11-12-23(18(26)28-20(4,5)6)15(13-22)9-10-21-16(24)14-7-8-14/h14-15H,7-13H2,1-6H3,(H,21,24). The third-order valence-electron chi connectivity index (χ3n) is 4.49. The normalized spacial score (nSPS) is 20.6. The molecule has 1 unspecified atom stereocenters. The maximum absolute atomic E-state index is 12.6. The molecule has 8 nitrogen and oxygen atoms in total. The van der Waals surface area contributed by atoms with E-state index in [1.54, 1.807) is 9.80 Å². The van der Waals surface area contributed by atoms with Gasteiger partial charge in [0.25, 0.3) is 0 Å². The van der Waals surface area contributed by atoms with Crippen LogP contribution in [0.15, 0.2) is 0 Å². The number of carbonyl (C=O) groups excluding carboxylic acids is 3. The second-order valence-corrected chi connectivity index (χ2v) is 9.61. The highest BCUT2D eigenvalue weighted by molar-refractivity contribution is 5.80. The van der Waals surface area contributed by atoms with Crippen molar-refractivity contribution in [3.8, 4) is 0 Å². The lowest BCUT2D eigenvalue weighted by Gasteiger charge is -2.42. The highest BCUT2D eigenvalue weighted by atomic mass is 16.6. The molecule has 2 fully saturated rings. The summed E-state index contributed by atoms with van der Waals surface area (Å²) in [5.41, 5.74) is -1.17. The first kappa shape index (κ1) is 22.3. The molecule has 8 heteroatoms. The molecule has 160 valence electrons. The van der Waals surface area contributed by atoms with Crippen molar-refractivity contribution in [2.45, 2.75) is 78.0 Å². The van der Waals surface area contributed by atoms with Gasteiger partial charge in [0.1, 0.15) is 11.2 Å². The Labute approximate surface area is 167 Å². The van der Waals surface area contributed by atoms with Crippen molar-refractivity contribution >= 4 is 18.1 Å². The van der Waals surface area contributed by atoms with E-state index in [1.165, 1.54) is 0 Å². The lowest BCUT2D eigenvalue weighted by atomic mass is 10.1. The quantitative estimate of drug-likeness (QED) is 0.788. The number of rotatable bonds is 4. The highest BCUT2D eigenvalue weighted by Gasteiger charge is 2.36. The largest absolute Gasteiger partial charge is 0.444 e. The molecule has 0 aromatic heterocycles. The van der Waals surface area contributed by atoms with E-state index in [4.69, 9.17) is 9.47 Å². The molecule has 0 aromatic carbocycles. The van der Waals surface area contributed by atoms with E-state index >= 15 is 0 Å². The zero-order chi connectivity index (χ0) is 21.1. The van der Waals surface area contributed by atoms with Gasteiger partial charge in [0.2, 0.25) is 5.91 Å². The molecule has 0 aromatic rings. The molecule has 1 saturated carbocycles. The Morgan fingerprint density at radius 1 is 0.929 bits per heavy atom. The second-order valence-electron chi connectivity index (χ2n) is 9.61. The summed E-state index contributed by atoms with van der Waals surface area (Å²) < 4.78 is 11.0. The molecule has 2 rings (SSSR count). The van der Waals surface area contributed by atoms with Crippen LogP contribution in [-0.2, 0) is 14.3 Å². The van der Waals surface area contributed by atoms with Gasteiger partial charge in [-0.3, -0.25) is 4.79 Å². The van der Waals surface area contributed by atoms with Gasteiger partial charge in [-0.25, -0.2) is 9.59 Å². The van der Waals surface area contributed by atoms with Crippen LogP contribution >= 0.6 is 0 Å². The molecule has 1 aliphatic heterocycles. The number of amides is 3. The van der Waals surface area contributed by atoms with Crippen molar-refractivity contribution in [3.05, 3.63) is 0 Å². The first-order valence-electron chi connectivity index (χ1n) is 10.1. The minimum absolute atomic E-state index is 0.0728. The van der Waals surface area contributed by atoms with E-state index in [0.29, 0.717) is 32.6 Å². The minimum atomic E-state index is -0.593. The van der Waals surface area contributed by atoms with E-state index in [1.807, 2.05) is 41.5 Å². The Bertz CT molecular complexity index is 590. The van der Waals surface area contributed by atoms with Gasteiger partial charge in [0.05, 0.1) is 6.04 Å². The van der Waals surface area contributed by atoms with Gasteiger partial charge in [-0.1, -0.05) is 0 Å². The molecule has 0 radical (unpaired) electrons. The average Bonchev–Trinajstić information content (AvgIpc) is 3.36. The van der Waals surface area contributed by atoms with Crippen molar-refractivity contribution in [2.24, 2.45) is 5.92 Å². The Morgan fingerprint density at radius 2 is 1.50 bits per heavy atom. The lowest BCUT2D eigenvalue weighted by Crippen LogP contribution is -2.58. The van der Waals surface area contributed by atoms with Crippen LogP contribution in [0.5, 0.6) is 0 Å². The van der Waals surface area contributed by atoms with Crippen LogP contribution in [0.3, 0.4) is 0 Å².